The van der Waals surface area contributed by atoms with Gasteiger partial charge in [-0.05, 0) is 37.9 Å². The Balaban J connectivity index is 1.64. The highest BCUT2D eigenvalue weighted by Crippen LogP contribution is 2.03. The summed E-state index contributed by atoms with van der Waals surface area (Å²) in [7, 11) is 0. The number of aryl methyl sites for hydroxylation is 2. The van der Waals surface area contributed by atoms with E-state index in [1.165, 1.54) is 16.7 Å². The lowest BCUT2D eigenvalue weighted by atomic mass is 10.1. The maximum atomic E-state index is 4.26. The summed E-state index contributed by atoms with van der Waals surface area (Å²) in [6, 6.07) is 8.69. The van der Waals surface area contributed by atoms with Gasteiger partial charge in [-0.15, -0.1) is 0 Å². The van der Waals surface area contributed by atoms with Crippen LogP contribution >= 0.6 is 0 Å². The third kappa shape index (κ3) is 4.00. The number of benzene rings is 1. The smallest absolute Gasteiger partial charge is 0.0534 e. The molecule has 1 heterocycles. The van der Waals surface area contributed by atoms with Gasteiger partial charge in [0.1, 0.15) is 0 Å². The number of hydrogen-bond donors (Lipinski definition) is 1. The van der Waals surface area contributed by atoms with Crippen LogP contribution in [0.4, 0.5) is 0 Å². The van der Waals surface area contributed by atoms with E-state index in [0.29, 0.717) is 0 Å². The molecule has 0 radical (unpaired) electrons. The molecule has 0 unspecified atom stereocenters. The van der Waals surface area contributed by atoms with Crippen molar-refractivity contribution in [1.82, 2.24) is 15.1 Å². The zero-order valence-corrected chi connectivity index (χ0v) is 11.2. The summed E-state index contributed by atoms with van der Waals surface area (Å²) in [5, 5.41) is 7.71. The van der Waals surface area contributed by atoms with Crippen molar-refractivity contribution in [2.75, 3.05) is 13.1 Å². The van der Waals surface area contributed by atoms with Gasteiger partial charge in [-0.25, -0.2) is 0 Å². The minimum absolute atomic E-state index is 0.932. The van der Waals surface area contributed by atoms with Crippen molar-refractivity contribution in [2.24, 2.45) is 0 Å². The van der Waals surface area contributed by atoms with Crippen LogP contribution in [0.1, 0.15) is 16.7 Å². The molecule has 0 bridgehead atoms. The Morgan fingerprint density at radius 1 is 1.17 bits per heavy atom. The third-order valence-corrected chi connectivity index (χ3v) is 2.95. The SMILES string of the molecule is Cc1cccc(CCNCCn2cc(C)cn2)c1. The molecular formula is C15H21N3. The number of hydrogen-bond acceptors (Lipinski definition) is 2. The van der Waals surface area contributed by atoms with Crippen LogP contribution in [0.5, 0.6) is 0 Å². The first kappa shape index (κ1) is 12.8. The van der Waals surface area contributed by atoms with Crippen LogP contribution in [-0.4, -0.2) is 22.9 Å². The summed E-state index contributed by atoms with van der Waals surface area (Å²) < 4.78 is 1.98. The second kappa shape index (κ2) is 6.36. The van der Waals surface area contributed by atoms with Crippen molar-refractivity contribution < 1.29 is 0 Å². The lowest BCUT2D eigenvalue weighted by Crippen LogP contribution is -2.22. The van der Waals surface area contributed by atoms with Gasteiger partial charge in [-0.3, -0.25) is 4.68 Å². The van der Waals surface area contributed by atoms with Crippen LogP contribution in [-0.2, 0) is 13.0 Å². The second-order valence-electron chi connectivity index (χ2n) is 4.77. The topological polar surface area (TPSA) is 29.9 Å². The van der Waals surface area contributed by atoms with Gasteiger partial charge in [-0.2, -0.15) is 5.10 Å². The molecule has 0 saturated carbocycles. The molecule has 0 spiro atoms. The van der Waals surface area contributed by atoms with Gasteiger partial charge in [-0.1, -0.05) is 29.8 Å². The molecule has 96 valence electrons. The Bertz CT molecular complexity index is 488. The van der Waals surface area contributed by atoms with Crippen molar-refractivity contribution in [3.8, 4) is 0 Å². The maximum Gasteiger partial charge on any atom is 0.0534 e. The summed E-state index contributed by atoms with van der Waals surface area (Å²) >= 11 is 0. The van der Waals surface area contributed by atoms with Crippen molar-refractivity contribution in [2.45, 2.75) is 26.8 Å². The fourth-order valence-corrected chi connectivity index (χ4v) is 2.01. The molecule has 0 amide bonds. The lowest BCUT2D eigenvalue weighted by molar-refractivity contribution is 0.556. The molecular weight excluding hydrogens is 222 g/mol. The molecule has 3 heteroatoms. The minimum atomic E-state index is 0.932. The number of aromatic nitrogens is 2. The van der Waals surface area contributed by atoms with E-state index in [0.717, 1.165) is 26.1 Å². The minimum Gasteiger partial charge on any atom is -0.315 e. The quantitative estimate of drug-likeness (QED) is 0.789. The Labute approximate surface area is 109 Å². The Kier molecular flexibility index (Phi) is 4.53. The van der Waals surface area contributed by atoms with Crippen LogP contribution in [0.15, 0.2) is 36.7 Å². The van der Waals surface area contributed by atoms with Gasteiger partial charge < -0.3 is 5.32 Å². The highest BCUT2D eigenvalue weighted by molar-refractivity contribution is 5.22. The number of rotatable bonds is 6. The second-order valence-corrected chi connectivity index (χ2v) is 4.77. The molecule has 2 aromatic rings. The maximum absolute atomic E-state index is 4.26. The lowest BCUT2D eigenvalue weighted by Gasteiger charge is -2.06. The van der Waals surface area contributed by atoms with E-state index >= 15 is 0 Å². The van der Waals surface area contributed by atoms with Crippen molar-refractivity contribution >= 4 is 0 Å². The molecule has 1 aromatic carbocycles. The van der Waals surface area contributed by atoms with Gasteiger partial charge in [0, 0.05) is 12.7 Å². The number of nitrogens with zero attached hydrogens (tertiary/aromatic N) is 2. The third-order valence-electron chi connectivity index (χ3n) is 2.95. The van der Waals surface area contributed by atoms with E-state index < -0.39 is 0 Å². The fraction of sp³-hybridized carbons (Fsp3) is 0.400. The Hall–Kier alpha value is -1.61. The molecule has 1 N–H and O–H groups in total. The monoisotopic (exact) mass is 243 g/mol. The van der Waals surface area contributed by atoms with Crippen LogP contribution in [0.2, 0.25) is 0 Å². The molecule has 0 aliphatic rings. The molecule has 18 heavy (non-hydrogen) atoms. The van der Waals surface area contributed by atoms with E-state index in [1.807, 2.05) is 10.9 Å². The summed E-state index contributed by atoms with van der Waals surface area (Å²) in [5.74, 6) is 0. The van der Waals surface area contributed by atoms with E-state index in [1.54, 1.807) is 0 Å². The highest BCUT2D eigenvalue weighted by atomic mass is 15.3. The van der Waals surface area contributed by atoms with E-state index in [9.17, 15) is 0 Å². The zero-order valence-electron chi connectivity index (χ0n) is 11.2. The van der Waals surface area contributed by atoms with Gasteiger partial charge in [0.25, 0.3) is 0 Å². The van der Waals surface area contributed by atoms with Crippen LogP contribution in [0.25, 0.3) is 0 Å². The largest absolute Gasteiger partial charge is 0.315 e. The fourth-order valence-electron chi connectivity index (χ4n) is 2.01. The first-order valence-electron chi connectivity index (χ1n) is 6.49. The van der Waals surface area contributed by atoms with Crippen molar-refractivity contribution in [3.05, 3.63) is 53.3 Å². The van der Waals surface area contributed by atoms with E-state index in [2.05, 4.69) is 54.7 Å². The summed E-state index contributed by atoms with van der Waals surface area (Å²) in [5.41, 5.74) is 3.95. The molecule has 1 aromatic heterocycles. The standard InChI is InChI=1S/C15H21N3/c1-13-4-3-5-15(10-13)6-7-16-8-9-18-12-14(2)11-17-18/h3-5,10-12,16H,6-9H2,1-2H3. The van der Waals surface area contributed by atoms with Crippen molar-refractivity contribution in [1.29, 1.82) is 0 Å². The average Bonchev–Trinajstić information content (AvgIpc) is 2.75. The summed E-state index contributed by atoms with van der Waals surface area (Å²) in [4.78, 5) is 0. The van der Waals surface area contributed by atoms with E-state index in [-0.39, 0.29) is 0 Å². The first-order valence-corrected chi connectivity index (χ1v) is 6.49. The van der Waals surface area contributed by atoms with Crippen molar-refractivity contribution in [3.63, 3.8) is 0 Å². The predicted octanol–water partition coefficient (Wildman–Crippen LogP) is 2.33. The van der Waals surface area contributed by atoms with E-state index in [4.69, 9.17) is 0 Å². The summed E-state index contributed by atoms with van der Waals surface area (Å²) in [6.45, 7) is 7.12. The Morgan fingerprint density at radius 2 is 2.06 bits per heavy atom. The molecule has 0 atom stereocenters. The highest BCUT2D eigenvalue weighted by Gasteiger charge is 1.95. The van der Waals surface area contributed by atoms with Gasteiger partial charge in [0.05, 0.1) is 12.7 Å². The summed E-state index contributed by atoms with van der Waals surface area (Å²) in [6.07, 6.45) is 5.05. The predicted molar refractivity (Wildman–Crippen MR) is 74.7 cm³/mol. The van der Waals surface area contributed by atoms with Crippen LogP contribution < -0.4 is 5.32 Å². The van der Waals surface area contributed by atoms with Crippen LogP contribution in [0.3, 0.4) is 0 Å². The molecule has 0 aliphatic heterocycles. The molecule has 3 nitrogen and oxygen atoms in total. The molecule has 0 saturated heterocycles. The average molecular weight is 243 g/mol. The van der Waals surface area contributed by atoms with Gasteiger partial charge >= 0.3 is 0 Å². The normalized spacial score (nSPS) is 10.8. The zero-order chi connectivity index (χ0) is 12.8. The molecule has 2 rings (SSSR count). The van der Waals surface area contributed by atoms with Gasteiger partial charge in [0.15, 0.2) is 0 Å². The first-order chi connectivity index (χ1) is 8.74. The van der Waals surface area contributed by atoms with Crippen LogP contribution in [0, 0.1) is 13.8 Å². The molecule has 0 aliphatic carbocycles. The van der Waals surface area contributed by atoms with Gasteiger partial charge in [0.2, 0.25) is 0 Å². The molecule has 0 fully saturated rings. The Morgan fingerprint density at radius 3 is 2.78 bits per heavy atom. The number of nitrogens with one attached hydrogen (secondary N) is 1.